The van der Waals surface area contributed by atoms with Gasteiger partial charge in [0.25, 0.3) is 0 Å². The second kappa shape index (κ2) is 3.14. The Morgan fingerprint density at radius 3 is 2.73 bits per heavy atom. The number of rotatable bonds is 1. The molecule has 0 fully saturated rings. The third-order valence-corrected chi connectivity index (χ3v) is 1.51. The predicted molar refractivity (Wildman–Crippen MR) is 43.6 cm³/mol. The van der Waals surface area contributed by atoms with Gasteiger partial charge in [-0.1, -0.05) is 6.07 Å². The van der Waals surface area contributed by atoms with Gasteiger partial charge in [0.05, 0.1) is 0 Å². The molecule has 0 saturated carbocycles. The summed E-state index contributed by atoms with van der Waals surface area (Å²) in [5.41, 5.74) is 1.36. The average Bonchev–Trinajstić information content (AvgIpc) is 2.05. The zero-order valence-corrected chi connectivity index (χ0v) is 6.61. The number of hydrogen-bond donors (Lipinski definition) is 0. The van der Waals surface area contributed by atoms with Crippen LogP contribution in [0.1, 0.15) is 12.6 Å². The van der Waals surface area contributed by atoms with Crippen molar-refractivity contribution in [2.24, 2.45) is 0 Å². The van der Waals surface area contributed by atoms with Crippen molar-refractivity contribution in [2.45, 2.75) is 6.92 Å². The van der Waals surface area contributed by atoms with Crippen molar-refractivity contribution in [3.8, 4) is 0 Å². The molecule has 1 aromatic heterocycles. The second-order valence-corrected chi connectivity index (χ2v) is 2.30. The summed E-state index contributed by atoms with van der Waals surface area (Å²) in [6.07, 6.45) is 1.67. The molecule has 1 aromatic rings. The van der Waals surface area contributed by atoms with E-state index < -0.39 is 0 Å². The van der Waals surface area contributed by atoms with Crippen LogP contribution >= 0.6 is 0 Å². The van der Waals surface area contributed by atoms with E-state index in [4.69, 9.17) is 0 Å². The summed E-state index contributed by atoms with van der Waals surface area (Å²) >= 11 is 0. The maximum atomic E-state index is 10.8. The van der Waals surface area contributed by atoms with Gasteiger partial charge in [-0.05, 0) is 12.1 Å². The highest BCUT2D eigenvalue weighted by Crippen LogP contribution is 1.94. The van der Waals surface area contributed by atoms with Crippen molar-refractivity contribution < 1.29 is 4.74 Å². The average molecular weight is 150 g/mol. The molecule has 0 aliphatic carbocycles. The van der Waals surface area contributed by atoms with Gasteiger partial charge in [0.1, 0.15) is 12.7 Å². The number of aromatic nitrogens is 1. The van der Waals surface area contributed by atoms with Crippen LogP contribution in [0.15, 0.2) is 24.4 Å². The molecular weight excluding hydrogens is 140 g/mol. The Labute approximate surface area is 65.6 Å². The molecule has 1 heterocycles. The first kappa shape index (κ1) is 7.72. The first-order chi connectivity index (χ1) is 5.22. The van der Waals surface area contributed by atoms with E-state index in [0.717, 1.165) is 10.4 Å². The van der Waals surface area contributed by atoms with E-state index in [2.05, 4.69) is 4.98 Å². The van der Waals surface area contributed by atoms with E-state index in [1.54, 1.807) is 13.1 Å². The molecule has 11 heavy (non-hydrogen) atoms. The summed E-state index contributed by atoms with van der Waals surface area (Å²) in [6, 6.07) is 5.49. The lowest BCUT2D eigenvalue weighted by Gasteiger charge is -2.00. The molecule has 0 saturated heterocycles. The molecule has 58 valence electrons. The monoisotopic (exact) mass is 150 g/mol. The zero-order valence-electron chi connectivity index (χ0n) is 6.61. The van der Waals surface area contributed by atoms with Crippen molar-refractivity contribution in [3.63, 3.8) is 0 Å². The fourth-order valence-corrected chi connectivity index (χ4v) is 0.738. The van der Waals surface area contributed by atoms with E-state index in [9.17, 15) is 5.21 Å². The molecule has 0 spiro atoms. The highest BCUT2D eigenvalue weighted by Gasteiger charge is 2.02. The molecule has 0 N–H and O–H groups in total. The van der Waals surface area contributed by atoms with E-state index in [1.807, 2.05) is 18.2 Å². The standard InChI is InChI=1S/C8H10N2O/c1-7(10(2)11)8-5-3-4-6-9-8/h3-6H,1-2H3/b10-7+. The minimum Gasteiger partial charge on any atom is -0.624 e. The molecule has 0 unspecified atom stereocenters. The zero-order chi connectivity index (χ0) is 8.27. The molecule has 0 aliphatic heterocycles. The molecule has 0 atom stereocenters. The Bertz CT molecular complexity index is 263. The van der Waals surface area contributed by atoms with Crippen LogP contribution in [-0.4, -0.2) is 22.5 Å². The van der Waals surface area contributed by atoms with Crippen LogP contribution in [0.5, 0.6) is 0 Å². The van der Waals surface area contributed by atoms with Crippen LogP contribution in [0.25, 0.3) is 0 Å². The van der Waals surface area contributed by atoms with Crippen LogP contribution in [0, 0.1) is 5.21 Å². The largest absolute Gasteiger partial charge is 0.624 e. The van der Waals surface area contributed by atoms with Gasteiger partial charge in [0.15, 0.2) is 0 Å². The van der Waals surface area contributed by atoms with Crippen molar-refractivity contribution in [2.75, 3.05) is 7.05 Å². The third-order valence-electron chi connectivity index (χ3n) is 1.51. The molecule has 0 aliphatic rings. The Hall–Kier alpha value is -1.38. The first-order valence-corrected chi connectivity index (χ1v) is 3.37. The smallest absolute Gasteiger partial charge is 0.209 e. The van der Waals surface area contributed by atoms with E-state index in [1.165, 1.54) is 7.05 Å². The van der Waals surface area contributed by atoms with Gasteiger partial charge >= 0.3 is 0 Å². The second-order valence-electron chi connectivity index (χ2n) is 2.30. The Balaban J connectivity index is 3.04. The minimum atomic E-state index is 0.630. The lowest BCUT2D eigenvalue weighted by atomic mass is 10.2. The summed E-state index contributed by atoms with van der Waals surface area (Å²) in [6.45, 7) is 1.75. The number of nitrogens with zero attached hydrogens (tertiary/aromatic N) is 2. The van der Waals surface area contributed by atoms with Gasteiger partial charge in [-0.2, -0.15) is 0 Å². The number of hydroxylamine groups is 1. The molecule has 0 aromatic carbocycles. The van der Waals surface area contributed by atoms with Crippen LogP contribution in [0.3, 0.4) is 0 Å². The van der Waals surface area contributed by atoms with Gasteiger partial charge in [-0.3, -0.25) is 4.98 Å². The van der Waals surface area contributed by atoms with Crippen molar-refractivity contribution in [1.29, 1.82) is 0 Å². The molecule has 0 bridgehead atoms. The number of hydrogen-bond acceptors (Lipinski definition) is 2. The Morgan fingerprint density at radius 1 is 1.55 bits per heavy atom. The highest BCUT2D eigenvalue weighted by molar-refractivity contribution is 5.92. The maximum absolute atomic E-state index is 10.8. The summed E-state index contributed by atoms with van der Waals surface area (Å²) in [5.74, 6) is 0. The first-order valence-electron chi connectivity index (χ1n) is 3.37. The summed E-state index contributed by atoms with van der Waals surface area (Å²) in [7, 11) is 1.46. The van der Waals surface area contributed by atoms with Gasteiger partial charge in [-0.25, -0.2) is 4.74 Å². The van der Waals surface area contributed by atoms with Gasteiger partial charge in [-0.15, -0.1) is 0 Å². The number of pyridine rings is 1. The molecule has 0 amide bonds. The molecule has 1 rings (SSSR count). The fraction of sp³-hybridized carbons (Fsp3) is 0.250. The highest BCUT2D eigenvalue weighted by atomic mass is 16.5. The van der Waals surface area contributed by atoms with E-state index >= 15 is 0 Å². The van der Waals surface area contributed by atoms with Crippen LogP contribution in [0.4, 0.5) is 0 Å². The molecule has 3 heteroatoms. The topological polar surface area (TPSA) is 39.0 Å². The lowest BCUT2D eigenvalue weighted by Crippen LogP contribution is -2.10. The quantitative estimate of drug-likeness (QED) is 0.259. The maximum Gasteiger partial charge on any atom is 0.209 e. The van der Waals surface area contributed by atoms with E-state index in [0.29, 0.717) is 5.71 Å². The summed E-state index contributed by atoms with van der Waals surface area (Å²) < 4.78 is 0.808. The van der Waals surface area contributed by atoms with Gasteiger partial charge in [0, 0.05) is 13.1 Å². The normalized spacial score (nSPS) is 12.5. The third kappa shape index (κ3) is 1.77. The fourth-order valence-electron chi connectivity index (χ4n) is 0.738. The van der Waals surface area contributed by atoms with Crippen LogP contribution in [-0.2, 0) is 0 Å². The minimum absolute atomic E-state index is 0.630. The summed E-state index contributed by atoms with van der Waals surface area (Å²) in [4.78, 5) is 4.02. The Kier molecular flexibility index (Phi) is 2.21. The van der Waals surface area contributed by atoms with E-state index in [-0.39, 0.29) is 0 Å². The van der Waals surface area contributed by atoms with Crippen LogP contribution in [0.2, 0.25) is 0 Å². The predicted octanol–water partition coefficient (Wildman–Crippen LogP) is 1.03. The summed E-state index contributed by atoms with van der Waals surface area (Å²) in [5, 5.41) is 10.8. The SMILES string of the molecule is C/C(c1ccccn1)=[N+](/C)[O-]. The van der Waals surface area contributed by atoms with Crippen molar-refractivity contribution >= 4 is 5.71 Å². The van der Waals surface area contributed by atoms with Gasteiger partial charge in [0.2, 0.25) is 5.71 Å². The van der Waals surface area contributed by atoms with Crippen molar-refractivity contribution in [3.05, 3.63) is 35.3 Å². The Morgan fingerprint density at radius 2 is 2.27 bits per heavy atom. The molecule has 3 nitrogen and oxygen atoms in total. The molecular formula is C8H10N2O. The van der Waals surface area contributed by atoms with Gasteiger partial charge < -0.3 is 5.21 Å². The van der Waals surface area contributed by atoms with Crippen molar-refractivity contribution in [1.82, 2.24) is 4.98 Å². The lowest BCUT2D eigenvalue weighted by molar-refractivity contribution is -0.422. The molecule has 0 radical (unpaired) electrons. The van der Waals surface area contributed by atoms with Crippen LogP contribution < -0.4 is 0 Å².